The number of amides is 4. The van der Waals surface area contributed by atoms with Crippen LogP contribution in [0.5, 0.6) is 0 Å². The summed E-state index contributed by atoms with van der Waals surface area (Å²) in [5, 5.41) is 23.8. The minimum Gasteiger partial charge on any atom is -0.422 e. The summed E-state index contributed by atoms with van der Waals surface area (Å²) in [6.45, 7) is 6.59. The Morgan fingerprint density at radius 1 is 1.18 bits per heavy atom. The lowest BCUT2D eigenvalue weighted by Crippen LogP contribution is -2.54. The van der Waals surface area contributed by atoms with Crippen LogP contribution in [-0.4, -0.2) is 64.5 Å². The number of hydrogen-bond donors (Lipinski definition) is 6. The van der Waals surface area contributed by atoms with E-state index in [-0.39, 0.29) is 24.9 Å². The van der Waals surface area contributed by atoms with Gasteiger partial charge in [-0.3, -0.25) is 19.2 Å². The fourth-order valence-corrected chi connectivity index (χ4v) is 2.81. The summed E-state index contributed by atoms with van der Waals surface area (Å²) in [4.78, 5) is 52.4. The van der Waals surface area contributed by atoms with Crippen LogP contribution in [-0.2, 0) is 19.2 Å². The van der Waals surface area contributed by atoms with Gasteiger partial charge in [-0.25, -0.2) is 4.99 Å². The van der Waals surface area contributed by atoms with Crippen LogP contribution in [0.2, 0.25) is 0 Å². The number of nitrogens with zero attached hydrogens (tertiary/aromatic N) is 1. The highest BCUT2D eigenvalue weighted by Gasteiger charge is 2.28. The summed E-state index contributed by atoms with van der Waals surface area (Å²) in [6, 6.07) is -3.23. The second-order valence-corrected chi connectivity index (χ2v) is 7.90. The third-order valence-electron chi connectivity index (χ3n) is 4.87. The monoisotopic (exact) mass is 473 g/mol. The van der Waals surface area contributed by atoms with Crippen molar-refractivity contribution in [3.8, 4) is 0 Å². The second kappa shape index (κ2) is 14.0. The van der Waals surface area contributed by atoms with Crippen molar-refractivity contribution >= 4 is 36.4 Å². The van der Waals surface area contributed by atoms with Crippen LogP contribution in [0, 0.1) is 0 Å². The normalized spacial score (nSPS) is 15.9. The number of carbonyl (C=O) groups excluding carboxylic acids is 4. The van der Waals surface area contributed by atoms with E-state index >= 15 is 0 Å². The van der Waals surface area contributed by atoms with E-state index in [0.717, 1.165) is 5.57 Å². The molecule has 0 radical (unpaired) electrons. The number of aliphatic imine (C=N–C) groups is 1. The summed E-state index contributed by atoms with van der Waals surface area (Å²) >= 11 is 0. The number of allylic oxidation sites excluding steroid dienone is 5. The molecule has 11 nitrogen and oxygen atoms in total. The molecule has 34 heavy (non-hydrogen) atoms. The fraction of sp³-hybridized carbons (Fsp3) is 0.409. The number of hydrogen-bond acceptors (Lipinski definition) is 7. The van der Waals surface area contributed by atoms with Crippen LogP contribution in [0.15, 0.2) is 53.1 Å². The lowest BCUT2D eigenvalue weighted by molar-refractivity contribution is -0.131. The maximum absolute atomic E-state index is 13.0. The van der Waals surface area contributed by atoms with Crippen molar-refractivity contribution in [1.82, 2.24) is 10.6 Å². The van der Waals surface area contributed by atoms with Crippen LogP contribution in [0.3, 0.4) is 0 Å². The molecular formula is C22H32BN5O6. The highest BCUT2D eigenvalue weighted by atomic mass is 16.4. The van der Waals surface area contributed by atoms with Gasteiger partial charge in [-0.2, -0.15) is 0 Å². The first-order chi connectivity index (χ1) is 15.9. The summed E-state index contributed by atoms with van der Waals surface area (Å²) < 4.78 is 0. The third-order valence-corrected chi connectivity index (χ3v) is 4.87. The van der Waals surface area contributed by atoms with Crippen molar-refractivity contribution in [2.24, 2.45) is 16.5 Å². The maximum Gasteiger partial charge on any atom is 0.503 e. The molecule has 3 atom stereocenters. The third kappa shape index (κ3) is 10.1. The average molecular weight is 473 g/mol. The molecule has 4 amide bonds. The molecule has 0 heterocycles. The largest absolute Gasteiger partial charge is 0.503 e. The van der Waals surface area contributed by atoms with Crippen molar-refractivity contribution in [2.75, 3.05) is 0 Å². The lowest BCUT2D eigenvalue weighted by atomic mass is 9.80. The number of nitrogens with two attached hydrogens (primary N) is 2. The molecule has 0 aromatic rings. The van der Waals surface area contributed by atoms with E-state index in [1.165, 1.54) is 6.92 Å². The summed E-state index contributed by atoms with van der Waals surface area (Å²) in [6.07, 6.45) is 9.63. The quantitative estimate of drug-likeness (QED) is 0.118. The number of nitrogens with one attached hydrogen (secondary N) is 2. The van der Waals surface area contributed by atoms with Crippen molar-refractivity contribution in [1.29, 1.82) is 0 Å². The van der Waals surface area contributed by atoms with Gasteiger partial charge in [-0.05, 0) is 32.3 Å². The minimum atomic E-state index is -2.07. The number of carbonyl (C=O) groups is 4. The smallest absolute Gasteiger partial charge is 0.422 e. The molecule has 1 rings (SSSR count). The van der Waals surface area contributed by atoms with Gasteiger partial charge in [0.05, 0.1) is 5.61 Å². The van der Waals surface area contributed by atoms with Crippen molar-refractivity contribution < 1.29 is 29.2 Å². The SMILES string of the molecule is C=C(C)[C@H](N)C(=O)NC(CC1=CCC=CC=C1)C(=O)N[C@@H](C)C(=O)N=C(CCC(N)=O)B(O)O. The second-order valence-electron chi connectivity index (χ2n) is 7.90. The van der Waals surface area contributed by atoms with Crippen molar-refractivity contribution in [3.05, 3.63) is 48.1 Å². The van der Waals surface area contributed by atoms with Gasteiger partial charge in [0.25, 0.3) is 5.91 Å². The zero-order valence-corrected chi connectivity index (χ0v) is 19.4. The van der Waals surface area contributed by atoms with Crippen molar-refractivity contribution in [3.63, 3.8) is 0 Å². The Hall–Kier alpha value is -3.35. The van der Waals surface area contributed by atoms with E-state index in [9.17, 15) is 29.2 Å². The first-order valence-electron chi connectivity index (χ1n) is 10.7. The molecule has 1 aliphatic carbocycles. The van der Waals surface area contributed by atoms with Crippen LogP contribution in [0.25, 0.3) is 0 Å². The summed E-state index contributed by atoms with van der Waals surface area (Å²) in [5.74, 6) is -2.83. The Kier molecular flexibility index (Phi) is 11.8. The Morgan fingerprint density at radius 3 is 2.44 bits per heavy atom. The predicted octanol–water partition coefficient (Wildman–Crippen LogP) is -1.04. The maximum atomic E-state index is 13.0. The van der Waals surface area contributed by atoms with Crippen LogP contribution in [0.1, 0.15) is 39.5 Å². The highest BCUT2D eigenvalue weighted by Crippen LogP contribution is 2.13. The van der Waals surface area contributed by atoms with Gasteiger partial charge >= 0.3 is 7.12 Å². The van der Waals surface area contributed by atoms with E-state index in [4.69, 9.17) is 11.5 Å². The molecule has 1 unspecified atom stereocenters. The molecular weight excluding hydrogens is 441 g/mol. The molecule has 0 bridgehead atoms. The van der Waals surface area contributed by atoms with E-state index < -0.39 is 48.9 Å². The Morgan fingerprint density at radius 2 is 1.85 bits per heavy atom. The number of primary amides is 1. The molecule has 1 aliphatic rings. The van der Waals surface area contributed by atoms with Crippen molar-refractivity contribution in [2.45, 2.75) is 57.7 Å². The molecule has 0 aromatic heterocycles. The molecule has 0 saturated heterocycles. The van der Waals surface area contributed by atoms with Gasteiger partial charge in [-0.15, -0.1) is 0 Å². The molecule has 8 N–H and O–H groups in total. The van der Waals surface area contributed by atoms with Gasteiger partial charge < -0.3 is 32.1 Å². The molecule has 0 fully saturated rings. The Balaban J connectivity index is 2.99. The topological polar surface area (TPSA) is 197 Å². The molecule has 184 valence electrons. The van der Waals surface area contributed by atoms with Crippen LogP contribution in [0.4, 0.5) is 0 Å². The standard InChI is InChI=1S/C22H32BN5O6/c1-13(2)19(25)22(32)27-16(12-15-8-6-4-5-7-9-15)21(31)26-14(3)20(30)28-17(23(33)34)10-11-18(24)29/h4-6,8-9,14,16,19,33-34H,1,7,10-12,25H2,2-3H3,(H2,24,29)(H,26,31)(H,27,32)/t14-,16?,19-/m0/s1. The average Bonchev–Trinajstić information content (AvgIpc) is 3.03. The summed E-state index contributed by atoms with van der Waals surface area (Å²) in [5.41, 5.74) is 11.7. The zero-order valence-electron chi connectivity index (χ0n) is 19.4. The first kappa shape index (κ1) is 28.7. The predicted molar refractivity (Wildman–Crippen MR) is 129 cm³/mol. The van der Waals surface area contributed by atoms with Gasteiger partial charge in [-0.1, -0.05) is 42.5 Å². The molecule has 0 aliphatic heterocycles. The molecule has 0 spiro atoms. The van der Waals surface area contributed by atoms with E-state index in [0.29, 0.717) is 12.0 Å². The molecule has 0 saturated carbocycles. The van der Waals surface area contributed by atoms with E-state index in [1.807, 2.05) is 24.3 Å². The van der Waals surface area contributed by atoms with Gasteiger partial charge in [0.2, 0.25) is 17.7 Å². The lowest BCUT2D eigenvalue weighted by Gasteiger charge is -2.22. The Labute approximate surface area is 198 Å². The van der Waals surface area contributed by atoms with Gasteiger partial charge in [0.1, 0.15) is 18.1 Å². The fourth-order valence-electron chi connectivity index (χ4n) is 2.81. The van der Waals surface area contributed by atoms with Gasteiger partial charge in [0.15, 0.2) is 0 Å². The summed E-state index contributed by atoms with van der Waals surface area (Å²) in [7, 11) is -2.07. The molecule has 0 aromatic carbocycles. The molecule has 12 heteroatoms. The Bertz CT molecular complexity index is 925. The minimum absolute atomic E-state index is 0.141. The first-order valence-corrected chi connectivity index (χ1v) is 10.7. The van der Waals surface area contributed by atoms with Crippen LogP contribution >= 0.6 is 0 Å². The highest BCUT2D eigenvalue weighted by molar-refractivity contribution is 6.80. The zero-order chi connectivity index (χ0) is 25.8. The van der Waals surface area contributed by atoms with Crippen LogP contribution < -0.4 is 22.1 Å². The van der Waals surface area contributed by atoms with E-state index in [1.54, 1.807) is 13.0 Å². The number of rotatable bonds is 12. The van der Waals surface area contributed by atoms with Gasteiger partial charge in [0, 0.05) is 12.8 Å². The van der Waals surface area contributed by atoms with E-state index in [2.05, 4.69) is 22.2 Å².